The van der Waals surface area contributed by atoms with Crippen molar-refractivity contribution in [2.75, 3.05) is 18.1 Å². The Bertz CT molecular complexity index is 688. The number of anilines is 1. The zero-order chi connectivity index (χ0) is 18.2. The number of halogens is 1. The van der Waals surface area contributed by atoms with Crippen LogP contribution in [0.2, 0.25) is 0 Å². The number of nitrogens with zero attached hydrogens (tertiary/aromatic N) is 1. The van der Waals surface area contributed by atoms with E-state index in [-0.39, 0.29) is 12.6 Å². The first-order valence-corrected chi connectivity index (χ1v) is 8.93. The molecule has 136 valence electrons. The minimum Gasteiger partial charge on any atom is -0.491 e. The van der Waals surface area contributed by atoms with E-state index in [9.17, 15) is 9.59 Å². The molecule has 1 aromatic carbocycles. The van der Waals surface area contributed by atoms with Gasteiger partial charge in [0.2, 0.25) is 0 Å². The zero-order valence-electron chi connectivity index (χ0n) is 14.4. The van der Waals surface area contributed by atoms with Gasteiger partial charge in [0.25, 0.3) is 0 Å². The van der Waals surface area contributed by atoms with Crippen LogP contribution < -0.4 is 15.0 Å². The molecule has 2 atom stereocenters. The van der Waals surface area contributed by atoms with Gasteiger partial charge in [0.15, 0.2) is 0 Å². The van der Waals surface area contributed by atoms with Crippen LogP contribution in [0.1, 0.15) is 27.2 Å². The molecule has 0 aromatic heterocycles. The molecule has 25 heavy (non-hydrogen) atoms. The number of ether oxygens (including phenoxy) is 3. The number of amides is 2. The molecule has 1 aromatic rings. The summed E-state index contributed by atoms with van der Waals surface area (Å²) in [4.78, 5) is 25.8. The number of cyclic esters (lactones) is 1. The Hall–Kier alpha value is -1.96. The fourth-order valence-electron chi connectivity index (χ4n) is 2.93. The van der Waals surface area contributed by atoms with Gasteiger partial charge >= 0.3 is 12.2 Å². The van der Waals surface area contributed by atoms with Crippen molar-refractivity contribution in [1.82, 2.24) is 5.32 Å². The molecular weight excluding hydrogens is 392 g/mol. The first-order valence-electron chi connectivity index (χ1n) is 8.13. The number of nitrogens with one attached hydrogen (secondary N) is 1. The lowest BCUT2D eigenvalue weighted by molar-refractivity contribution is 0.0486. The molecule has 2 amide bonds. The lowest BCUT2D eigenvalue weighted by Crippen LogP contribution is -2.43. The maximum atomic E-state index is 12.4. The van der Waals surface area contributed by atoms with Gasteiger partial charge in [-0.2, -0.15) is 0 Å². The van der Waals surface area contributed by atoms with Crippen LogP contribution in [0.15, 0.2) is 22.7 Å². The van der Waals surface area contributed by atoms with Crippen molar-refractivity contribution < 1.29 is 23.8 Å². The highest BCUT2D eigenvalue weighted by Gasteiger charge is 2.44. The summed E-state index contributed by atoms with van der Waals surface area (Å²) in [5.41, 5.74) is 0.0979. The Morgan fingerprint density at radius 2 is 2.20 bits per heavy atom. The molecule has 2 aliphatic heterocycles. The zero-order valence-corrected chi connectivity index (χ0v) is 16.0. The SMILES string of the molecule is CC(C)(C)OC(=O)NC[C@@H]1OC(=O)N2c3ccc(Br)cc3OCC[C@@H]12. The fourth-order valence-corrected chi connectivity index (χ4v) is 3.27. The highest BCUT2D eigenvalue weighted by Crippen LogP contribution is 2.39. The minimum atomic E-state index is -0.578. The van der Waals surface area contributed by atoms with Crippen LogP contribution in [-0.2, 0) is 9.47 Å². The third kappa shape index (κ3) is 4.00. The lowest BCUT2D eigenvalue weighted by Gasteiger charge is -2.23. The van der Waals surface area contributed by atoms with E-state index in [1.807, 2.05) is 18.2 Å². The number of rotatable bonds is 2. The van der Waals surface area contributed by atoms with Gasteiger partial charge in [-0.05, 0) is 39.0 Å². The Kier molecular flexibility index (Phi) is 4.81. The summed E-state index contributed by atoms with van der Waals surface area (Å²) in [6, 6.07) is 5.30. The predicted molar refractivity (Wildman–Crippen MR) is 95.0 cm³/mol. The van der Waals surface area contributed by atoms with E-state index >= 15 is 0 Å². The van der Waals surface area contributed by atoms with E-state index in [4.69, 9.17) is 14.2 Å². The van der Waals surface area contributed by atoms with Gasteiger partial charge in [0.05, 0.1) is 24.9 Å². The van der Waals surface area contributed by atoms with Crippen molar-refractivity contribution in [2.45, 2.75) is 44.9 Å². The summed E-state index contributed by atoms with van der Waals surface area (Å²) in [7, 11) is 0. The van der Waals surface area contributed by atoms with Crippen molar-refractivity contribution in [1.29, 1.82) is 0 Å². The van der Waals surface area contributed by atoms with E-state index in [1.54, 1.807) is 25.7 Å². The highest BCUT2D eigenvalue weighted by atomic mass is 79.9. The van der Waals surface area contributed by atoms with Crippen molar-refractivity contribution in [3.8, 4) is 5.75 Å². The Morgan fingerprint density at radius 1 is 1.44 bits per heavy atom. The molecule has 2 heterocycles. The summed E-state index contributed by atoms with van der Waals surface area (Å²) in [5, 5.41) is 2.67. The lowest BCUT2D eigenvalue weighted by atomic mass is 10.1. The number of alkyl carbamates (subject to hydrolysis) is 1. The third-order valence-electron chi connectivity index (χ3n) is 3.91. The highest BCUT2D eigenvalue weighted by molar-refractivity contribution is 9.10. The molecule has 3 rings (SSSR count). The van der Waals surface area contributed by atoms with Gasteiger partial charge in [-0.25, -0.2) is 9.59 Å². The molecule has 1 fully saturated rings. The standard InChI is InChI=1S/C17H21BrN2O5/c1-17(2,3)25-15(21)19-9-14-12-6-7-23-13-8-10(18)4-5-11(13)20(12)16(22)24-14/h4-5,8,12,14H,6-7,9H2,1-3H3,(H,19,21)/t12-,14-/m0/s1. The Labute approximate surface area is 154 Å². The summed E-state index contributed by atoms with van der Waals surface area (Å²) in [6.07, 6.45) is -0.817. The molecule has 8 heteroatoms. The number of carbonyl (C=O) groups excluding carboxylic acids is 2. The van der Waals surface area contributed by atoms with Crippen LogP contribution >= 0.6 is 15.9 Å². The smallest absolute Gasteiger partial charge is 0.415 e. The number of hydrogen-bond donors (Lipinski definition) is 1. The van der Waals surface area contributed by atoms with E-state index in [0.29, 0.717) is 24.5 Å². The molecule has 0 radical (unpaired) electrons. The Morgan fingerprint density at radius 3 is 2.92 bits per heavy atom. The molecule has 0 aliphatic carbocycles. The topological polar surface area (TPSA) is 77.1 Å². The van der Waals surface area contributed by atoms with Crippen LogP contribution in [0, 0.1) is 0 Å². The van der Waals surface area contributed by atoms with E-state index in [1.165, 1.54) is 0 Å². The first-order chi connectivity index (χ1) is 11.7. The van der Waals surface area contributed by atoms with E-state index < -0.39 is 23.9 Å². The molecule has 7 nitrogen and oxygen atoms in total. The van der Waals surface area contributed by atoms with Gasteiger partial charge in [-0.1, -0.05) is 15.9 Å². The van der Waals surface area contributed by atoms with Gasteiger partial charge in [-0.15, -0.1) is 0 Å². The second-order valence-corrected chi connectivity index (χ2v) is 7.91. The monoisotopic (exact) mass is 412 g/mol. The van der Waals surface area contributed by atoms with Crippen LogP contribution in [0.5, 0.6) is 5.75 Å². The summed E-state index contributed by atoms with van der Waals surface area (Å²) in [5.74, 6) is 0.634. The maximum absolute atomic E-state index is 12.4. The molecule has 0 saturated carbocycles. The summed E-state index contributed by atoms with van der Waals surface area (Å²) in [6.45, 7) is 6.03. The predicted octanol–water partition coefficient (Wildman–Crippen LogP) is 3.45. The minimum absolute atomic E-state index is 0.188. The molecular formula is C17H21BrN2O5. The fraction of sp³-hybridized carbons (Fsp3) is 0.529. The van der Waals surface area contributed by atoms with Crippen molar-refractivity contribution in [3.05, 3.63) is 22.7 Å². The quantitative estimate of drug-likeness (QED) is 0.804. The van der Waals surface area contributed by atoms with Crippen LogP contribution in [0.4, 0.5) is 15.3 Å². The van der Waals surface area contributed by atoms with E-state index in [2.05, 4.69) is 21.2 Å². The number of hydrogen-bond acceptors (Lipinski definition) is 5. The van der Waals surface area contributed by atoms with Crippen molar-refractivity contribution in [3.63, 3.8) is 0 Å². The molecule has 1 N–H and O–H groups in total. The normalized spacial score (nSPS) is 22.2. The number of fused-ring (bicyclic) bond motifs is 3. The third-order valence-corrected chi connectivity index (χ3v) is 4.40. The second-order valence-electron chi connectivity index (χ2n) is 6.99. The van der Waals surface area contributed by atoms with Crippen LogP contribution in [0.25, 0.3) is 0 Å². The van der Waals surface area contributed by atoms with Gasteiger partial charge in [0, 0.05) is 10.9 Å². The van der Waals surface area contributed by atoms with Gasteiger partial charge in [0.1, 0.15) is 17.5 Å². The molecule has 0 unspecified atom stereocenters. The first kappa shape index (κ1) is 17.8. The van der Waals surface area contributed by atoms with Crippen molar-refractivity contribution in [2.24, 2.45) is 0 Å². The molecule has 0 spiro atoms. The average molecular weight is 413 g/mol. The number of benzene rings is 1. The molecule has 0 bridgehead atoms. The van der Waals surface area contributed by atoms with E-state index in [0.717, 1.165) is 4.47 Å². The average Bonchev–Trinajstić information content (AvgIpc) is 2.69. The largest absolute Gasteiger partial charge is 0.491 e. The number of carbonyl (C=O) groups is 2. The molecule has 1 saturated heterocycles. The van der Waals surface area contributed by atoms with Crippen LogP contribution in [0.3, 0.4) is 0 Å². The summed E-state index contributed by atoms with van der Waals surface area (Å²) >= 11 is 3.40. The van der Waals surface area contributed by atoms with Gasteiger partial charge in [-0.3, -0.25) is 4.90 Å². The van der Waals surface area contributed by atoms with Crippen LogP contribution in [-0.4, -0.2) is 43.1 Å². The van der Waals surface area contributed by atoms with Crippen molar-refractivity contribution >= 4 is 33.8 Å². The Balaban J connectivity index is 1.72. The maximum Gasteiger partial charge on any atom is 0.415 e. The van der Waals surface area contributed by atoms with Gasteiger partial charge < -0.3 is 19.5 Å². The summed E-state index contributed by atoms with van der Waals surface area (Å²) < 4.78 is 17.3. The second kappa shape index (κ2) is 6.74. The molecule has 2 aliphatic rings.